The van der Waals surface area contributed by atoms with Crippen molar-refractivity contribution in [3.05, 3.63) is 20.3 Å². The highest BCUT2D eigenvalue weighted by atomic mass is 32.2. The fraction of sp³-hybridized carbons (Fsp3) is 0.500. The topological polar surface area (TPSA) is 37.8 Å². The molecule has 3 nitrogen and oxygen atoms in total. The van der Waals surface area contributed by atoms with Crippen LogP contribution in [0.15, 0.2) is 5.38 Å². The van der Waals surface area contributed by atoms with Gasteiger partial charge in [-0.15, -0.1) is 22.7 Å². The maximum atomic E-state index is 4.77. The summed E-state index contributed by atoms with van der Waals surface area (Å²) in [4.78, 5) is 10.6. The molecule has 1 saturated heterocycles. The van der Waals surface area contributed by atoms with Crippen LogP contribution < -0.4 is 5.32 Å². The number of nitrogens with one attached hydrogen (secondary N) is 1. The number of aryl methyl sites for hydroxylation is 2. The van der Waals surface area contributed by atoms with Crippen molar-refractivity contribution in [1.29, 1.82) is 0 Å². The van der Waals surface area contributed by atoms with E-state index in [-0.39, 0.29) is 0 Å². The lowest BCUT2D eigenvalue weighted by Crippen LogP contribution is -2.30. The number of nitrogens with zero attached hydrogens (tertiary/aromatic N) is 2. The predicted molar refractivity (Wildman–Crippen MR) is 80.8 cm³/mol. The summed E-state index contributed by atoms with van der Waals surface area (Å²) >= 11 is 5.49. The summed E-state index contributed by atoms with van der Waals surface area (Å²) in [7, 11) is 0. The van der Waals surface area contributed by atoms with Crippen LogP contribution in [0, 0.1) is 13.8 Å². The molecule has 3 rings (SSSR count). The first-order valence-corrected chi connectivity index (χ1v) is 8.80. The molecule has 2 aromatic rings. The summed E-state index contributed by atoms with van der Waals surface area (Å²) in [5, 5.41) is 7.98. The van der Waals surface area contributed by atoms with Crippen LogP contribution in [0.1, 0.15) is 20.9 Å². The van der Waals surface area contributed by atoms with E-state index in [9.17, 15) is 0 Å². The van der Waals surface area contributed by atoms with Gasteiger partial charge in [0, 0.05) is 28.3 Å². The average molecular weight is 297 g/mol. The van der Waals surface area contributed by atoms with E-state index in [1.165, 1.54) is 15.6 Å². The van der Waals surface area contributed by atoms with Gasteiger partial charge >= 0.3 is 0 Å². The number of thioether (sulfide) groups is 1. The molecule has 2 aromatic heterocycles. The smallest absolute Gasteiger partial charge is 0.111 e. The number of hydrogen-bond donors (Lipinski definition) is 1. The molecule has 0 amide bonds. The Balaban J connectivity index is 1.86. The van der Waals surface area contributed by atoms with Gasteiger partial charge in [-0.1, -0.05) is 0 Å². The maximum absolute atomic E-state index is 4.77. The molecular formula is C12H15N3S3. The van der Waals surface area contributed by atoms with Gasteiger partial charge in [0.15, 0.2) is 0 Å². The van der Waals surface area contributed by atoms with Gasteiger partial charge in [0.1, 0.15) is 16.4 Å². The van der Waals surface area contributed by atoms with Crippen molar-refractivity contribution in [3.63, 3.8) is 0 Å². The van der Waals surface area contributed by atoms with Crippen molar-refractivity contribution in [3.8, 4) is 11.4 Å². The minimum Gasteiger partial charge on any atom is -0.306 e. The van der Waals surface area contributed by atoms with Crippen LogP contribution in [0.2, 0.25) is 0 Å². The number of thiazole rings is 2. The van der Waals surface area contributed by atoms with E-state index in [2.05, 4.69) is 22.6 Å². The molecule has 1 unspecified atom stereocenters. The lowest BCUT2D eigenvalue weighted by Gasteiger charge is -2.20. The van der Waals surface area contributed by atoms with Gasteiger partial charge in [0.2, 0.25) is 0 Å². The summed E-state index contributed by atoms with van der Waals surface area (Å²) in [5.41, 5.74) is 2.10. The molecule has 1 aliphatic rings. The molecule has 3 heterocycles. The Morgan fingerprint density at radius 3 is 2.89 bits per heavy atom. The first-order valence-electron chi connectivity index (χ1n) is 5.95. The molecule has 0 aliphatic carbocycles. The van der Waals surface area contributed by atoms with Gasteiger partial charge in [-0.25, -0.2) is 9.97 Å². The minimum atomic E-state index is 0.419. The third-order valence-corrected chi connectivity index (χ3v) is 5.79. The second-order valence-electron chi connectivity index (χ2n) is 4.29. The Labute approximate surface area is 119 Å². The van der Waals surface area contributed by atoms with E-state index in [1.807, 2.05) is 18.7 Å². The van der Waals surface area contributed by atoms with Gasteiger partial charge in [0.25, 0.3) is 0 Å². The average Bonchev–Trinajstić information content (AvgIpc) is 2.97. The van der Waals surface area contributed by atoms with Crippen LogP contribution >= 0.6 is 34.4 Å². The molecule has 18 heavy (non-hydrogen) atoms. The SMILES string of the molecule is Cc1nc(-c2csc(C3CSCCN3)n2)c(C)s1. The fourth-order valence-electron chi connectivity index (χ4n) is 2.05. The third kappa shape index (κ3) is 2.47. The minimum absolute atomic E-state index is 0.419. The lowest BCUT2D eigenvalue weighted by atomic mass is 10.3. The molecule has 0 spiro atoms. The molecule has 0 saturated carbocycles. The molecule has 0 radical (unpaired) electrons. The monoisotopic (exact) mass is 297 g/mol. The molecule has 6 heteroatoms. The van der Waals surface area contributed by atoms with Crippen LogP contribution in [0.25, 0.3) is 11.4 Å². The van der Waals surface area contributed by atoms with E-state index >= 15 is 0 Å². The molecule has 0 aromatic carbocycles. The summed E-state index contributed by atoms with van der Waals surface area (Å²) in [5.74, 6) is 2.33. The van der Waals surface area contributed by atoms with Crippen molar-refractivity contribution in [2.24, 2.45) is 0 Å². The standard InChI is InChI=1S/C12H15N3S3/c1-7-11(14-8(2)18-7)9-6-17-12(15-9)10-5-16-4-3-13-10/h6,10,13H,3-5H2,1-2H3. The van der Waals surface area contributed by atoms with E-state index in [0.29, 0.717) is 6.04 Å². The van der Waals surface area contributed by atoms with Crippen molar-refractivity contribution < 1.29 is 0 Å². The first-order chi connectivity index (χ1) is 8.74. The number of aromatic nitrogens is 2. The summed E-state index contributed by atoms with van der Waals surface area (Å²) in [6, 6.07) is 0.419. The highest BCUT2D eigenvalue weighted by Crippen LogP contribution is 2.31. The highest BCUT2D eigenvalue weighted by Gasteiger charge is 2.20. The molecule has 96 valence electrons. The lowest BCUT2D eigenvalue weighted by molar-refractivity contribution is 0.592. The van der Waals surface area contributed by atoms with Gasteiger partial charge in [-0.3, -0.25) is 0 Å². The maximum Gasteiger partial charge on any atom is 0.111 e. The molecule has 1 fully saturated rings. The van der Waals surface area contributed by atoms with Gasteiger partial charge in [-0.2, -0.15) is 11.8 Å². The molecule has 1 N–H and O–H groups in total. The molecule has 0 bridgehead atoms. The Morgan fingerprint density at radius 2 is 2.22 bits per heavy atom. The number of rotatable bonds is 2. The van der Waals surface area contributed by atoms with Crippen LogP contribution in [0.5, 0.6) is 0 Å². The highest BCUT2D eigenvalue weighted by molar-refractivity contribution is 7.99. The third-order valence-electron chi connectivity index (χ3n) is 2.89. The van der Waals surface area contributed by atoms with Crippen LogP contribution in [-0.4, -0.2) is 28.0 Å². The van der Waals surface area contributed by atoms with Gasteiger partial charge < -0.3 is 5.32 Å². The normalized spacial score (nSPS) is 20.2. The quantitative estimate of drug-likeness (QED) is 0.923. The zero-order chi connectivity index (χ0) is 12.5. The van der Waals surface area contributed by atoms with E-state index in [0.717, 1.165) is 28.7 Å². The Bertz CT molecular complexity index is 541. The summed E-state index contributed by atoms with van der Waals surface area (Å²) in [6.07, 6.45) is 0. The molecule has 1 aliphatic heterocycles. The van der Waals surface area contributed by atoms with Crippen LogP contribution in [0.3, 0.4) is 0 Å². The summed E-state index contributed by atoms with van der Waals surface area (Å²) in [6.45, 7) is 5.25. The summed E-state index contributed by atoms with van der Waals surface area (Å²) < 4.78 is 0. The van der Waals surface area contributed by atoms with Crippen molar-refractivity contribution >= 4 is 34.4 Å². The molecular weight excluding hydrogens is 282 g/mol. The van der Waals surface area contributed by atoms with Gasteiger partial charge in [-0.05, 0) is 13.8 Å². The van der Waals surface area contributed by atoms with E-state index in [1.54, 1.807) is 22.7 Å². The Kier molecular flexibility index (Phi) is 3.70. The van der Waals surface area contributed by atoms with Crippen LogP contribution in [0.4, 0.5) is 0 Å². The Morgan fingerprint density at radius 1 is 1.33 bits per heavy atom. The van der Waals surface area contributed by atoms with Gasteiger partial charge in [0.05, 0.1) is 11.0 Å². The fourth-order valence-corrected chi connectivity index (χ4v) is 4.80. The van der Waals surface area contributed by atoms with E-state index < -0.39 is 0 Å². The van der Waals surface area contributed by atoms with Crippen LogP contribution in [-0.2, 0) is 0 Å². The second kappa shape index (κ2) is 5.28. The van der Waals surface area contributed by atoms with Crippen molar-refractivity contribution in [2.75, 3.05) is 18.1 Å². The first kappa shape index (κ1) is 12.6. The zero-order valence-corrected chi connectivity index (χ0v) is 12.8. The van der Waals surface area contributed by atoms with Crippen molar-refractivity contribution in [1.82, 2.24) is 15.3 Å². The Hall–Kier alpha value is -0.430. The second-order valence-corrected chi connectivity index (χ2v) is 7.74. The predicted octanol–water partition coefficient (Wildman–Crippen LogP) is 3.26. The van der Waals surface area contributed by atoms with Crippen molar-refractivity contribution in [2.45, 2.75) is 19.9 Å². The zero-order valence-electron chi connectivity index (χ0n) is 10.4. The van der Waals surface area contributed by atoms with E-state index in [4.69, 9.17) is 4.98 Å². The number of hydrogen-bond acceptors (Lipinski definition) is 6. The largest absolute Gasteiger partial charge is 0.306 e. The molecule has 1 atom stereocenters.